The maximum Gasteiger partial charge on any atom is 0.410 e. The molecule has 0 saturated heterocycles. The minimum atomic E-state index is -0.253. The van der Waals surface area contributed by atoms with Crippen molar-refractivity contribution >= 4 is 6.09 Å². The molecule has 0 spiro atoms. The van der Waals surface area contributed by atoms with Crippen molar-refractivity contribution in [2.75, 3.05) is 13.1 Å². The fraction of sp³-hybridized carbons (Fsp3) is 0.700. The molecule has 76 valence electrons. The summed E-state index contributed by atoms with van der Waals surface area (Å²) in [6, 6.07) is 0. The van der Waals surface area contributed by atoms with Crippen LogP contribution in [0.1, 0.15) is 27.2 Å². The quantitative estimate of drug-likeness (QED) is 0.616. The van der Waals surface area contributed by atoms with Gasteiger partial charge in [0.15, 0.2) is 0 Å². The molecule has 0 aromatic carbocycles. The van der Waals surface area contributed by atoms with Crippen LogP contribution in [0.4, 0.5) is 4.79 Å². The summed E-state index contributed by atoms with van der Waals surface area (Å²) in [5, 5.41) is 0. The van der Waals surface area contributed by atoms with Gasteiger partial charge in [-0.15, -0.1) is 6.58 Å². The minimum absolute atomic E-state index is 0.0586. The zero-order valence-corrected chi connectivity index (χ0v) is 8.75. The average Bonchev–Trinajstić information content (AvgIpc) is 2.02. The molecule has 0 aliphatic rings. The predicted octanol–water partition coefficient (Wildman–Crippen LogP) is 2.43. The van der Waals surface area contributed by atoms with Crippen molar-refractivity contribution in [2.24, 2.45) is 0 Å². The molecule has 0 aromatic rings. The van der Waals surface area contributed by atoms with Gasteiger partial charge in [-0.05, 0) is 20.3 Å². The van der Waals surface area contributed by atoms with Crippen LogP contribution >= 0.6 is 0 Å². The van der Waals surface area contributed by atoms with Gasteiger partial charge in [0.2, 0.25) is 0 Å². The molecular formula is C10H19NO2. The van der Waals surface area contributed by atoms with Crippen LogP contribution in [0.25, 0.3) is 0 Å². The van der Waals surface area contributed by atoms with Crippen LogP contribution in [0.3, 0.4) is 0 Å². The highest BCUT2D eigenvalue weighted by molar-refractivity contribution is 5.67. The lowest BCUT2D eigenvalue weighted by Crippen LogP contribution is -2.33. The normalized spacial score (nSPS) is 9.85. The summed E-state index contributed by atoms with van der Waals surface area (Å²) in [5.74, 6) is 0. The lowest BCUT2D eigenvalue weighted by molar-refractivity contribution is 0.0801. The largest absolute Gasteiger partial charge is 0.447 e. The Kier molecular flexibility index (Phi) is 6.02. The number of carbonyl (C=O) groups excluding carboxylic acids is 1. The van der Waals surface area contributed by atoms with Gasteiger partial charge in [-0.3, -0.25) is 0 Å². The molecular weight excluding hydrogens is 166 g/mol. The number of hydrogen-bond acceptors (Lipinski definition) is 2. The van der Waals surface area contributed by atoms with Gasteiger partial charge in [0.1, 0.15) is 0 Å². The predicted molar refractivity (Wildman–Crippen MR) is 53.7 cm³/mol. The van der Waals surface area contributed by atoms with Gasteiger partial charge >= 0.3 is 6.09 Å². The van der Waals surface area contributed by atoms with Gasteiger partial charge in [-0.25, -0.2) is 4.79 Å². The molecule has 0 radical (unpaired) electrons. The molecule has 0 N–H and O–H groups in total. The highest BCUT2D eigenvalue weighted by Gasteiger charge is 2.13. The summed E-state index contributed by atoms with van der Waals surface area (Å²) in [4.78, 5) is 13.0. The Hall–Kier alpha value is -0.990. The van der Waals surface area contributed by atoms with E-state index < -0.39 is 0 Å². The van der Waals surface area contributed by atoms with Crippen molar-refractivity contribution < 1.29 is 9.53 Å². The van der Waals surface area contributed by atoms with Crippen LogP contribution in [0.2, 0.25) is 0 Å². The summed E-state index contributed by atoms with van der Waals surface area (Å²) in [6.45, 7) is 10.6. The second-order valence-electron chi connectivity index (χ2n) is 3.17. The molecule has 0 saturated carbocycles. The number of ether oxygens (including phenoxy) is 1. The fourth-order valence-corrected chi connectivity index (χ4v) is 0.959. The third kappa shape index (κ3) is 5.28. The summed E-state index contributed by atoms with van der Waals surface area (Å²) in [7, 11) is 0. The number of amides is 1. The van der Waals surface area contributed by atoms with E-state index in [-0.39, 0.29) is 12.2 Å². The smallest absolute Gasteiger partial charge is 0.410 e. The maximum atomic E-state index is 11.4. The zero-order valence-electron chi connectivity index (χ0n) is 8.75. The van der Waals surface area contributed by atoms with E-state index >= 15 is 0 Å². The van der Waals surface area contributed by atoms with Crippen LogP contribution in [0.15, 0.2) is 12.7 Å². The van der Waals surface area contributed by atoms with Gasteiger partial charge in [0.05, 0.1) is 6.10 Å². The number of carbonyl (C=O) groups is 1. The summed E-state index contributed by atoms with van der Waals surface area (Å²) >= 11 is 0. The summed E-state index contributed by atoms with van der Waals surface area (Å²) in [6.07, 6.45) is 2.33. The molecule has 0 aliphatic heterocycles. The first-order valence-electron chi connectivity index (χ1n) is 4.68. The zero-order chi connectivity index (χ0) is 10.3. The Morgan fingerprint density at radius 2 is 2.23 bits per heavy atom. The molecule has 13 heavy (non-hydrogen) atoms. The molecule has 1 amide bonds. The Morgan fingerprint density at radius 1 is 1.62 bits per heavy atom. The van der Waals surface area contributed by atoms with E-state index in [1.807, 2.05) is 20.8 Å². The molecule has 0 heterocycles. The van der Waals surface area contributed by atoms with Crippen LogP contribution in [-0.4, -0.2) is 30.2 Å². The highest BCUT2D eigenvalue weighted by atomic mass is 16.6. The number of rotatable bonds is 5. The monoisotopic (exact) mass is 185 g/mol. The lowest BCUT2D eigenvalue weighted by atomic mass is 10.4. The van der Waals surface area contributed by atoms with Crippen LogP contribution in [0, 0.1) is 0 Å². The van der Waals surface area contributed by atoms with Gasteiger partial charge in [0, 0.05) is 13.1 Å². The molecule has 0 unspecified atom stereocenters. The second kappa shape index (κ2) is 6.52. The SMILES string of the molecule is C=CCN(CCC)C(=O)OC(C)C. The van der Waals surface area contributed by atoms with Gasteiger partial charge in [-0.1, -0.05) is 13.0 Å². The van der Waals surface area contributed by atoms with Crippen LogP contribution in [0.5, 0.6) is 0 Å². The van der Waals surface area contributed by atoms with E-state index in [2.05, 4.69) is 6.58 Å². The van der Waals surface area contributed by atoms with Crippen molar-refractivity contribution in [1.82, 2.24) is 4.90 Å². The number of nitrogens with zero attached hydrogens (tertiary/aromatic N) is 1. The van der Waals surface area contributed by atoms with E-state index in [1.165, 1.54) is 0 Å². The Morgan fingerprint density at radius 3 is 2.62 bits per heavy atom. The first kappa shape index (κ1) is 12.0. The topological polar surface area (TPSA) is 29.5 Å². The van der Waals surface area contributed by atoms with E-state index in [0.717, 1.165) is 13.0 Å². The van der Waals surface area contributed by atoms with Crippen LogP contribution < -0.4 is 0 Å². The average molecular weight is 185 g/mol. The van der Waals surface area contributed by atoms with Gasteiger partial charge in [-0.2, -0.15) is 0 Å². The highest BCUT2D eigenvalue weighted by Crippen LogP contribution is 1.99. The van der Waals surface area contributed by atoms with Crippen LogP contribution in [-0.2, 0) is 4.74 Å². The summed E-state index contributed by atoms with van der Waals surface area (Å²) in [5.41, 5.74) is 0. The van der Waals surface area contributed by atoms with E-state index in [4.69, 9.17) is 4.74 Å². The molecule has 0 atom stereocenters. The fourth-order valence-electron chi connectivity index (χ4n) is 0.959. The first-order valence-corrected chi connectivity index (χ1v) is 4.68. The molecule has 0 fully saturated rings. The van der Waals surface area contributed by atoms with Crippen molar-refractivity contribution in [1.29, 1.82) is 0 Å². The van der Waals surface area contributed by atoms with Gasteiger partial charge < -0.3 is 9.64 Å². The third-order valence-electron chi connectivity index (χ3n) is 1.44. The summed E-state index contributed by atoms with van der Waals surface area (Å²) < 4.78 is 5.06. The van der Waals surface area contributed by atoms with Crippen molar-refractivity contribution in [2.45, 2.75) is 33.3 Å². The maximum absolute atomic E-state index is 11.4. The van der Waals surface area contributed by atoms with Gasteiger partial charge in [0.25, 0.3) is 0 Å². The molecule has 3 heteroatoms. The second-order valence-corrected chi connectivity index (χ2v) is 3.17. The van der Waals surface area contributed by atoms with E-state index in [1.54, 1.807) is 11.0 Å². The molecule has 0 rings (SSSR count). The minimum Gasteiger partial charge on any atom is -0.447 e. The lowest BCUT2D eigenvalue weighted by Gasteiger charge is -2.21. The Labute approximate surface area is 80.4 Å². The molecule has 0 bridgehead atoms. The van der Waals surface area contributed by atoms with Crippen molar-refractivity contribution in [3.63, 3.8) is 0 Å². The standard InChI is InChI=1S/C10H19NO2/c1-5-7-11(8-6-2)10(12)13-9(3)4/h5,9H,1,6-8H2,2-4H3. The van der Waals surface area contributed by atoms with E-state index in [9.17, 15) is 4.79 Å². The van der Waals surface area contributed by atoms with E-state index in [0.29, 0.717) is 6.54 Å². The molecule has 0 aromatic heterocycles. The Balaban J connectivity index is 4.02. The molecule has 3 nitrogen and oxygen atoms in total. The van der Waals surface area contributed by atoms with Crippen molar-refractivity contribution in [3.8, 4) is 0 Å². The molecule has 0 aliphatic carbocycles. The Bertz CT molecular complexity index is 166. The number of hydrogen-bond donors (Lipinski definition) is 0. The van der Waals surface area contributed by atoms with Crippen molar-refractivity contribution in [3.05, 3.63) is 12.7 Å². The third-order valence-corrected chi connectivity index (χ3v) is 1.44. The first-order chi connectivity index (χ1) is 6.11.